The fourth-order valence-corrected chi connectivity index (χ4v) is 2.29. The molecule has 4 nitrogen and oxygen atoms in total. The zero-order chi connectivity index (χ0) is 14.1. The topological polar surface area (TPSA) is 74.6 Å². The molecule has 2 N–H and O–H groups in total. The minimum absolute atomic E-state index is 0.0318. The van der Waals surface area contributed by atoms with Gasteiger partial charge in [-0.15, -0.1) is 0 Å². The third-order valence-electron chi connectivity index (χ3n) is 3.12. The molecular formula is C14H18O4. The van der Waals surface area contributed by atoms with Crippen molar-refractivity contribution in [2.24, 2.45) is 0 Å². The first kappa shape index (κ1) is 14.2. The minimum Gasteiger partial charge on any atom is -0.481 e. The third-order valence-corrected chi connectivity index (χ3v) is 3.12. The summed E-state index contributed by atoms with van der Waals surface area (Å²) in [5.41, 5.74) is 2.02. The summed E-state index contributed by atoms with van der Waals surface area (Å²) in [5.74, 6) is -1.88. The summed E-state index contributed by atoms with van der Waals surface area (Å²) in [6.45, 7) is 7.23. The van der Waals surface area contributed by atoms with Crippen LogP contribution in [0.5, 0.6) is 0 Å². The predicted octanol–water partition coefficient (Wildman–Crippen LogP) is 2.75. The van der Waals surface area contributed by atoms with Crippen molar-refractivity contribution in [2.75, 3.05) is 0 Å². The third kappa shape index (κ3) is 2.88. The predicted molar refractivity (Wildman–Crippen MR) is 68.2 cm³/mol. The van der Waals surface area contributed by atoms with Crippen molar-refractivity contribution in [3.8, 4) is 0 Å². The van der Waals surface area contributed by atoms with Crippen molar-refractivity contribution in [3.63, 3.8) is 0 Å². The van der Waals surface area contributed by atoms with Gasteiger partial charge in [0.05, 0.1) is 12.0 Å². The Labute approximate surface area is 106 Å². The lowest BCUT2D eigenvalue weighted by atomic mass is 9.78. The van der Waals surface area contributed by atoms with Crippen molar-refractivity contribution in [1.29, 1.82) is 0 Å². The molecule has 98 valence electrons. The van der Waals surface area contributed by atoms with Gasteiger partial charge in [0.1, 0.15) is 0 Å². The maximum absolute atomic E-state index is 11.1. The van der Waals surface area contributed by atoms with E-state index in [4.69, 9.17) is 10.2 Å². The number of hydrogen-bond acceptors (Lipinski definition) is 2. The average molecular weight is 250 g/mol. The van der Waals surface area contributed by atoms with E-state index >= 15 is 0 Å². The van der Waals surface area contributed by atoms with Gasteiger partial charge in [-0.3, -0.25) is 4.79 Å². The first-order chi connectivity index (χ1) is 8.15. The molecule has 4 heteroatoms. The number of rotatable bonds is 4. The summed E-state index contributed by atoms with van der Waals surface area (Å²) in [7, 11) is 0. The quantitative estimate of drug-likeness (QED) is 0.861. The van der Waals surface area contributed by atoms with Crippen LogP contribution < -0.4 is 0 Å². The molecule has 0 saturated heterocycles. The van der Waals surface area contributed by atoms with Crippen LogP contribution >= 0.6 is 0 Å². The second-order valence-electron chi connectivity index (χ2n) is 5.24. The van der Waals surface area contributed by atoms with Crippen molar-refractivity contribution >= 4 is 11.9 Å². The fraction of sp³-hybridized carbons (Fsp3) is 0.429. The number of aliphatic carboxylic acids is 1. The molecule has 0 heterocycles. The highest BCUT2D eigenvalue weighted by Gasteiger charge is 2.27. The van der Waals surface area contributed by atoms with Crippen LogP contribution in [0.3, 0.4) is 0 Å². The highest BCUT2D eigenvalue weighted by molar-refractivity contribution is 5.89. The Morgan fingerprint density at radius 3 is 2.11 bits per heavy atom. The van der Waals surface area contributed by atoms with Crippen molar-refractivity contribution in [3.05, 3.63) is 34.4 Å². The standard InChI is InChI=1S/C14H18O4/c1-8-5-9(2)11(6-10(8)13(17)18)14(3,4)7-12(15)16/h5-6H,7H2,1-4H3,(H,15,16)(H,17,18). The van der Waals surface area contributed by atoms with Crippen LogP contribution in [0.4, 0.5) is 0 Å². The highest BCUT2D eigenvalue weighted by Crippen LogP contribution is 2.31. The molecule has 0 aliphatic heterocycles. The number of aromatic carboxylic acids is 1. The van der Waals surface area contributed by atoms with Gasteiger partial charge in [-0.25, -0.2) is 4.79 Å². The Balaban J connectivity index is 3.36. The van der Waals surface area contributed by atoms with Crippen molar-refractivity contribution < 1.29 is 19.8 Å². The molecule has 0 unspecified atom stereocenters. The van der Waals surface area contributed by atoms with E-state index in [1.807, 2.05) is 20.8 Å². The molecule has 0 radical (unpaired) electrons. The summed E-state index contributed by atoms with van der Waals surface area (Å²) in [5, 5.41) is 18.0. The fourth-order valence-electron chi connectivity index (χ4n) is 2.29. The van der Waals surface area contributed by atoms with E-state index in [1.165, 1.54) is 0 Å². The van der Waals surface area contributed by atoms with Crippen molar-refractivity contribution in [1.82, 2.24) is 0 Å². The molecule has 1 aromatic carbocycles. The maximum atomic E-state index is 11.1. The number of hydrogen-bond donors (Lipinski definition) is 2. The molecule has 0 fully saturated rings. The van der Waals surface area contributed by atoms with Crippen LogP contribution in [-0.2, 0) is 10.2 Å². The van der Waals surface area contributed by atoms with E-state index < -0.39 is 17.4 Å². The van der Waals surface area contributed by atoms with Crippen LogP contribution in [0.15, 0.2) is 12.1 Å². The second-order valence-corrected chi connectivity index (χ2v) is 5.24. The summed E-state index contributed by atoms with van der Waals surface area (Å²) in [6.07, 6.45) is -0.0318. The molecule has 1 rings (SSSR count). The van der Waals surface area contributed by atoms with Crippen molar-refractivity contribution in [2.45, 2.75) is 39.5 Å². The van der Waals surface area contributed by atoms with Gasteiger partial charge in [0.15, 0.2) is 0 Å². The summed E-state index contributed by atoms with van der Waals surface area (Å²) < 4.78 is 0. The van der Waals surface area contributed by atoms with E-state index in [9.17, 15) is 9.59 Å². The number of carboxylic acid groups (broad SMARTS) is 2. The van der Waals surface area contributed by atoms with E-state index in [1.54, 1.807) is 19.1 Å². The highest BCUT2D eigenvalue weighted by atomic mass is 16.4. The molecule has 0 atom stereocenters. The Morgan fingerprint density at radius 1 is 1.11 bits per heavy atom. The first-order valence-corrected chi connectivity index (χ1v) is 5.72. The lowest BCUT2D eigenvalue weighted by Gasteiger charge is -2.26. The number of carbonyl (C=O) groups is 2. The van der Waals surface area contributed by atoms with Gasteiger partial charge in [-0.1, -0.05) is 19.9 Å². The molecule has 0 aromatic heterocycles. The Morgan fingerprint density at radius 2 is 1.67 bits per heavy atom. The Hall–Kier alpha value is -1.84. The molecule has 0 amide bonds. The SMILES string of the molecule is Cc1cc(C)c(C(C)(C)CC(=O)O)cc1C(=O)O. The van der Waals surface area contributed by atoms with Gasteiger partial charge < -0.3 is 10.2 Å². The summed E-state index contributed by atoms with van der Waals surface area (Å²) in [4.78, 5) is 22.0. The molecule has 0 aliphatic rings. The van der Waals surface area contributed by atoms with Gasteiger partial charge in [-0.2, -0.15) is 0 Å². The van der Waals surface area contributed by atoms with Crippen LogP contribution in [0, 0.1) is 13.8 Å². The summed E-state index contributed by atoms with van der Waals surface area (Å²) in [6, 6.07) is 3.39. The Bertz CT molecular complexity index is 501. The van der Waals surface area contributed by atoms with Crippen LogP contribution in [0.2, 0.25) is 0 Å². The van der Waals surface area contributed by atoms with E-state index in [0.717, 1.165) is 11.1 Å². The molecule has 0 saturated carbocycles. The van der Waals surface area contributed by atoms with Gasteiger partial charge >= 0.3 is 11.9 Å². The smallest absolute Gasteiger partial charge is 0.335 e. The van der Waals surface area contributed by atoms with Gasteiger partial charge in [0.2, 0.25) is 0 Å². The van der Waals surface area contributed by atoms with Gasteiger partial charge in [-0.05, 0) is 36.6 Å². The molecule has 0 aliphatic carbocycles. The minimum atomic E-state index is -0.986. The molecule has 18 heavy (non-hydrogen) atoms. The van der Waals surface area contributed by atoms with Crippen LogP contribution in [-0.4, -0.2) is 22.2 Å². The first-order valence-electron chi connectivity index (χ1n) is 5.72. The largest absolute Gasteiger partial charge is 0.481 e. The Kier molecular flexibility index (Phi) is 3.79. The number of aryl methyl sites for hydroxylation is 2. The second kappa shape index (κ2) is 4.80. The van der Waals surface area contributed by atoms with Crippen LogP contribution in [0.25, 0.3) is 0 Å². The maximum Gasteiger partial charge on any atom is 0.335 e. The lowest BCUT2D eigenvalue weighted by Crippen LogP contribution is -2.23. The van der Waals surface area contributed by atoms with E-state index in [2.05, 4.69) is 0 Å². The monoisotopic (exact) mass is 250 g/mol. The zero-order valence-electron chi connectivity index (χ0n) is 11.1. The number of benzene rings is 1. The van der Waals surface area contributed by atoms with Crippen LogP contribution in [0.1, 0.15) is 47.3 Å². The molecular weight excluding hydrogens is 232 g/mol. The average Bonchev–Trinajstić information content (AvgIpc) is 2.13. The molecule has 0 spiro atoms. The lowest BCUT2D eigenvalue weighted by molar-refractivity contribution is -0.138. The van der Waals surface area contributed by atoms with Gasteiger partial charge in [0.25, 0.3) is 0 Å². The molecule has 0 bridgehead atoms. The normalized spacial score (nSPS) is 11.3. The van der Waals surface area contributed by atoms with E-state index in [0.29, 0.717) is 5.56 Å². The van der Waals surface area contributed by atoms with Gasteiger partial charge in [0, 0.05) is 5.41 Å². The molecule has 1 aromatic rings. The zero-order valence-corrected chi connectivity index (χ0v) is 11.1. The van der Waals surface area contributed by atoms with E-state index in [-0.39, 0.29) is 12.0 Å². The summed E-state index contributed by atoms with van der Waals surface area (Å²) >= 11 is 0. The number of carboxylic acids is 2.